The molecule has 0 spiro atoms. The van der Waals surface area contributed by atoms with Crippen LogP contribution in [0.4, 0.5) is 0 Å². The third-order valence-corrected chi connectivity index (χ3v) is 6.50. The minimum absolute atomic E-state index is 0.0534. The summed E-state index contributed by atoms with van der Waals surface area (Å²) in [7, 11) is 3.54. The van der Waals surface area contributed by atoms with Crippen LogP contribution in [0.1, 0.15) is 33.8 Å². The molecular weight excluding hydrogens is 400 g/mol. The van der Waals surface area contributed by atoms with E-state index >= 15 is 0 Å². The van der Waals surface area contributed by atoms with Gasteiger partial charge in [0.1, 0.15) is 5.76 Å². The van der Waals surface area contributed by atoms with Crippen LogP contribution in [0.5, 0.6) is 0 Å². The number of hydrogen-bond acceptors (Lipinski definition) is 6. The maximum Gasteiger partial charge on any atom is 0.255 e. The molecule has 7 nitrogen and oxygen atoms in total. The molecule has 1 fully saturated rings. The fourth-order valence-electron chi connectivity index (χ4n) is 3.46. The molecule has 2 amide bonds. The Kier molecular flexibility index (Phi) is 7.55. The van der Waals surface area contributed by atoms with Crippen molar-refractivity contribution in [1.29, 1.82) is 0 Å². The van der Waals surface area contributed by atoms with E-state index in [4.69, 9.17) is 4.52 Å². The molecule has 30 heavy (non-hydrogen) atoms. The van der Waals surface area contributed by atoms with E-state index < -0.39 is 0 Å². The van der Waals surface area contributed by atoms with Crippen molar-refractivity contribution in [1.82, 2.24) is 19.9 Å². The van der Waals surface area contributed by atoms with Crippen LogP contribution in [0.2, 0.25) is 0 Å². The lowest BCUT2D eigenvalue weighted by Gasteiger charge is -2.23. The Labute approximate surface area is 182 Å². The standard InChI is InChI=1S/C22H30N4O3S/c1-16-19(17(2)29-23-16)15-30-20-9-6-5-8-18(20)22(28)26-11-7-10-25(12-13-26)14-21(27)24(3)4/h5-6,8-9H,7,10-15H2,1-4H3. The summed E-state index contributed by atoms with van der Waals surface area (Å²) in [4.78, 5) is 31.9. The zero-order valence-corrected chi connectivity index (χ0v) is 19.0. The number of thioether (sulfide) groups is 1. The Morgan fingerprint density at radius 3 is 2.60 bits per heavy atom. The number of amides is 2. The van der Waals surface area contributed by atoms with Gasteiger partial charge in [-0.3, -0.25) is 14.5 Å². The van der Waals surface area contributed by atoms with Gasteiger partial charge in [0.2, 0.25) is 5.91 Å². The number of nitrogens with zero attached hydrogens (tertiary/aromatic N) is 4. The second kappa shape index (κ2) is 10.1. The molecule has 1 aliphatic heterocycles. The van der Waals surface area contributed by atoms with Crippen molar-refractivity contribution in [2.75, 3.05) is 46.8 Å². The van der Waals surface area contributed by atoms with Crippen LogP contribution in [0, 0.1) is 13.8 Å². The zero-order valence-electron chi connectivity index (χ0n) is 18.2. The van der Waals surface area contributed by atoms with E-state index in [1.54, 1.807) is 30.8 Å². The fourth-order valence-corrected chi connectivity index (χ4v) is 4.66. The number of carbonyl (C=O) groups excluding carboxylic acids is 2. The number of hydrogen-bond donors (Lipinski definition) is 0. The topological polar surface area (TPSA) is 69.9 Å². The fraction of sp³-hybridized carbons (Fsp3) is 0.500. The quantitative estimate of drug-likeness (QED) is 0.657. The second-order valence-corrected chi connectivity index (χ2v) is 8.81. The minimum atomic E-state index is 0.0534. The molecule has 0 radical (unpaired) electrons. The number of benzene rings is 1. The summed E-state index contributed by atoms with van der Waals surface area (Å²) in [6.07, 6.45) is 0.862. The lowest BCUT2D eigenvalue weighted by Crippen LogP contribution is -2.39. The van der Waals surface area contributed by atoms with E-state index in [9.17, 15) is 9.59 Å². The van der Waals surface area contributed by atoms with Gasteiger partial charge in [0.15, 0.2) is 0 Å². The van der Waals surface area contributed by atoms with Gasteiger partial charge < -0.3 is 14.3 Å². The maximum atomic E-state index is 13.3. The SMILES string of the molecule is Cc1noc(C)c1CSc1ccccc1C(=O)N1CCCN(CC(=O)N(C)C)CC1. The van der Waals surface area contributed by atoms with Crippen molar-refractivity contribution < 1.29 is 14.1 Å². The predicted molar refractivity (Wildman–Crippen MR) is 118 cm³/mol. The Morgan fingerprint density at radius 1 is 1.13 bits per heavy atom. The van der Waals surface area contributed by atoms with Crippen LogP contribution in [0.25, 0.3) is 0 Å². The van der Waals surface area contributed by atoms with Crippen molar-refractivity contribution in [2.24, 2.45) is 0 Å². The normalized spacial score (nSPS) is 15.1. The van der Waals surface area contributed by atoms with E-state index in [1.807, 2.05) is 43.0 Å². The van der Waals surface area contributed by atoms with Crippen molar-refractivity contribution in [3.8, 4) is 0 Å². The summed E-state index contributed by atoms with van der Waals surface area (Å²) in [5.41, 5.74) is 2.70. The molecule has 1 saturated heterocycles. The first-order chi connectivity index (χ1) is 14.4. The Morgan fingerprint density at radius 2 is 1.90 bits per heavy atom. The van der Waals surface area contributed by atoms with E-state index in [-0.39, 0.29) is 11.8 Å². The highest BCUT2D eigenvalue weighted by Crippen LogP contribution is 2.29. The average molecular weight is 431 g/mol. The molecule has 3 rings (SSSR count). The Balaban J connectivity index is 1.66. The number of aromatic nitrogens is 1. The van der Waals surface area contributed by atoms with Crippen LogP contribution < -0.4 is 0 Å². The lowest BCUT2D eigenvalue weighted by molar-refractivity contribution is -0.129. The first-order valence-corrected chi connectivity index (χ1v) is 11.2. The molecule has 1 aliphatic rings. The van der Waals surface area contributed by atoms with E-state index in [0.717, 1.165) is 40.4 Å². The van der Waals surface area contributed by atoms with Crippen molar-refractivity contribution in [3.63, 3.8) is 0 Å². The van der Waals surface area contributed by atoms with Crippen LogP contribution in [0.3, 0.4) is 0 Å². The molecule has 0 atom stereocenters. The first-order valence-electron chi connectivity index (χ1n) is 10.2. The highest BCUT2D eigenvalue weighted by atomic mass is 32.2. The molecule has 1 aromatic carbocycles. The Bertz CT molecular complexity index is 877. The van der Waals surface area contributed by atoms with Gasteiger partial charge in [0.25, 0.3) is 5.91 Å². The largest absolute Gasteiger partial charge is 0.361 e. The molecule has 0 bridgehead atoms. The number of likely N-dealkylation sites (N-methyl/N-ethyl adjacent to an activating group) is 1. The van der Waals surface area contributed by atoms with Crippen LogP contribution in [-0.4, -0.2) is 78.5 Å². The summed E-state index contributed by atoms with van der Waals surface area (Å²) < 4.78 is 5.25. The molecule has 162 valence electrons. The first kappa shape index (κ1) is 22.4. The predicted octanol–water partition coefficient (Wildman–Crippen LogP) is 2.82. The molecule has 0 aliphatic carbocycles. The molecule has 0 unspecified atom stereocenters. The van der Waals surface area contributed by atoms with Crippen molar-refractivity contribution in [2.45, 2.75) is 30.9 Å². The molecule has 1 aromatic heterocycles. The molecule has 2 heterocycles. The third kappa shape index (κ3) is 5.43. The van der Waals surface area contributed by atoms with Gasteiger partial charge in [-0.05, 0) is 32.4 Å². The van der Waals surface area contributed by atoms with Crippen LogP contribution >= 0.6 is 11.8 Å². The summed E-state index contributed by atoms with van der Waals surface area (Å²) in [6.45, 7) is 7.12. The van der Waals surface area contributed by atoms with Gasteiger partial charge in [-0.15, -0.1) is 11.8 Å². The lowest BCUT2D eigenvalue weighted by atomic mass is 10.2. The number of aryl methyl sites for hydroxylation is 2. The highest BCUT2D eigenvalue weighted by molar-refractivity contribution is 7.98. The van der Waals surface area contributed by atoms with Gasteiger partial charge in [-0.2, -0.15) is 0 Å². The van der Waals surface area contributed by atoms with E-state index in [2.05, 4.69) is 10.1 Å². The van der Waals surface area contributed by atoms with E-state index in [1.165, 1.54) is 0 Å². The summed E-state index contributed by atoms with van der Waals surface area (Å²) in [5, 5.41) is 4.01. The number of rotatable bonds is 6. The monoisotopic (exact) mass is 430 g/mol. The number of carbonyl (C=O) groups is 2. The average Bonchev–Trinajstić information content (AvgIpc) is 2.91. The maximum absolute atomic E-state index is 13.3. The smallest absolute Gasteiger partial charge is 0.255 e. The van der Waals surface area contributed by atoms with Crippen molar-refractivity contribution >= 4 is 23.6 Å². The molecular formula is C22H30N4O3S. The molecule has 0 saturated carbocycles. The minimum Gasteiger partial charge on any atom is -0.361 e. The Hall–Kier alpha value is -2.32. The van der Waals surface area contributed by atoms with Crippen LogP contribution in [0.15, 0.2) is 33.7 Å². The van der Waals surface area contributed by atoms with Gasteiger partial charge in [-0.1, -0.05) is 17.3 Å². The van der Waals surface area contributed by atoms with Gasteiger partial charge >= 0.3 is 0 Å². The highest BCUT2D eigenvalue weighted by Gasteiger charge is 2.23. The summed E-state index contributed by atoms with van der Waals surface area (Å²) in [5.74, 6) is 1.68. The molecule has 0 N–H and O–H groups in total. The summed E-state index contributed by atoms with van der Waals surface area (Å²) >= 11 is 1.63. The van der Waals surface area contributed by atoms with Gasteiger partial charge in [-0.25, -0.2) is 0 Å². The zero-order chi connectivity index (χ0) is 21.7. The van der Waals surface area contributed by atoms with Crippen LogP contribution in [-0.2, 0) is 10.5 Å². The van der Waals surface area contributed by atoms with Crippen molar-refractivity contribution in [3.05, 3.63) is 46.8 Å². The van der Waals surface area contributed by atoms with Gasteiger partial charge in [0, 0.05) is 56.5 Å². The van der Waals surface area contributed by atoms with E-state index in [0.29, 0.717) is 31.9 Å². The second-order valence-electron chi connectivity index (χ2n) is 7.80. The van der Waals surface area contributed by atoms with Gasteiger partial charge in [0.05, 0.1) is 17.8 Å². The molecule has 8 heteroatoms. The third-order valence-electron chi connectivity index (χ3n) is 5.40. The summed E-state index contributed by atoms with van der Waals surface area (Å²) in [6, 6.07) is 7.77. The molecule has 2 aromatic rings.